The topological polar surface area (TPSA) is 92.8 Å². The Balaban J connectivity index is 1.41. The summed E-state index contributed by atoms with van der Waals surface area (Å²) in [6.07, 6.45) is 4.86. The van der Waals surface area contributed by atoms with Crippen LogP contribution in [0.4, 0.5) is 5.69 Å². The number of ether oxygens (including phenoxy) is 1. The molecule has 0 radical (unpaired) electrons. The molecule has 1 aromatic carbocycles. The van der Waals surface area contributed by atoms with Crippen molar-refractivity contribution in [3.63, 3.8) is 0 Å². The number of hydrogen-bond acceptors (Lipinski definition) is 5. The Kier molecular flexibility index (Phi) is 5.45. The Labute approximate surface area is 181 Å². The number of amides is 3. The van der Waals surface area contributed by atoms with E-state index < -0.39 is 24.5 Å². The normalized spacial score (nSPS) is 27.1. The molecule has 1 saturated heterocycles. The number of imide groups is 1. The van der Waals surface area contributed by atoms with Crippen LogP contribution in [0.2, 0.25) is 0 Å². The molecule has 3 aliphatic rings. The number of esters is 1. The first-order chi connectivity index (χ1) is 14.7. The Hall–Kier alpha value is -2.96. The number of likely N-dealkylation sites (tertiary alicyclic amines) is 1. The highest BCUT2D eigenvalue weighted by atomic mass is 16.5. The molecular formula is C24H28N2O5. The monoisotopic (exact) mass is 424 g/mol. The zero-order chi connectivity index (χ0) is 22.4. The van der Waals surface area contributed by atoms with E-state index >= 15 is 0 Å². The van der Waals surface area contributed by atoms with Crippen LogP contribution >= 0.6 is 0 Å². The Morgan fingerprint density at radius 3 is 2.23 bits per heavy atom. The third-order valence-corrected chi connectivity index (χ3v) is 6.79. The van der Waals surface area contributed by atoms with Crippen LogP contribution in [0, 0.1) is 43.4 Å². The molecule has 1 aromatic rings. The molecule has 7 nitrogen and oxygen atoms in total. The number of hydrogen-bond donors (Lipinski definition) is 1. The van der Waals surface area contributed by atoms with Gasteiger partial charge in [-0.2, -0.15) is 0 Å². The quantitative estimate of drug-likeness (QED) is 0.431. The summed E-state index contributed by atoms with van der Waals surface area (Å²) in [7, 11) is 0. The molecule has 1 heterocycles. The van der Waals surface area contributed by atoms with Crippen LogP contribution in [0.15, 0.2) is 30.4 Å². The Morgan fingerprint density at radius 1 is 1.06 bits per heavy atom. The number of rotatable bonds is 6. The van der Waals surface area contributed by atoms with Crippen molar-refractivity contribution < 1.29 is 23.9 Å². The molecule has 0 unspecified atom stereocenters. The second-order valence-electron chi connectivity index (χ2n) is 9.19. The molecule has 1 saturated carbocycles. The van der Waals surface area contributed by atoms with E-state index in [4.69, 9.17) is 4.74 Å². The molecule has 1 N–H and O–H groups in total. The van der Waals surface area contributed by atoms with Crippen LogP contribution in [0.5, 0.6) is 0 Å². The Bertz CT molecular complexity index is 952. The number of carbonyl (C=O) groups is 4. The number of allylic oxidation sites excluding steroid dienone is 2. The summed E-state index contributed by atoms with van der Waals surface area (Å²) in [5.74, 6) is -2.70. The number of anilines is 1. The average Bonchev–Trinajstić information content (AvgIpc) is 3.39. The molecule has 7 heteroatoms. The smallest absolute Gasteiger partial charge is 0.330 e. The zero-order valence-corrected chi connectivity index (χ0v) is 18.3. The van der Waals surface area contributed by atoms with Crippen molar-refractivity contribution >= 4 is 29.4 Å². The minimum Gasteiger partial charge on any atom is -0.454 e. The van der Waals surface area contributed by atoms with Crippen molar-refractivity contribution in [3.05, 3.63) is 41.5 Å². The number of aryl methyl sites for hydroxylation is 2. The highest BCUT2D eigenvalue weighted by molar-refractivity contribution is 6.09. The molecule has 2 fully saturated rings. The molecule has 2 bridgehead atoms. The minimum atomic E-state index is -1.03. The van der Waals surface area contributed by atoms with Gasteiger partial charge in [-0.3, -0.25) is 19.3 Å². The van der Waals surface area contributed by atoms with Crippen molar-refractivity contribution in [2.75, 3.05) is 11.9 Å². The lowest BCUT2D eigenvalue weighted by atomic mass is 9.85. The van der Waals surface area contributed by atoms with Gasteiger partial charge in [0.25, 0.3) is 5.91 Å². The second-order valence-corrected chi connectivity index (χ2v) is 9.19. The fraction of sp³-hybridized carbons (Fsp3) is 0.500. The second kappa shape index (κ2) is 7.94. The van der Waals surface area contributed by atoms with E-state index in [2.05, 4.69) is 5.32 Å². The number of fused-ring (bicyclic) bond motifs is 5. The molecule has 4 rings (SSSR count). The first-order valence-electron chi connectivity index (χ1n) is 10.8. The van der Waals surface area contributed by atoms with Crippen LogP contribution in [0.3, 0.4) is 0 Å². The summed E-state index contributed by atoms with van der Waals surface area (Å²) in [4.78, 5) is 52.3. The molecule has 5 atom stereocenters. The largest absolute Gasteiger partial charge is 0.454 e. The van der Waals surface area contributed by atoms with Crippen molar-refractivity contribution in [3.8, 4) is 0 Å². The van der Waals surface area contributed by atoms with Gasteiger partial charge >= 0.3 is 5.97 Å². The number of benzene rings is 1. The third kappa shape index (κ3) is 3.66. The van der Waals surface area contributed by atoms with Gasteiger partial charge < -0.3 is 10.1 Å². The van der Waals surface area contributed by atoms with Crippen molar-refractivity contribution in [2.45, 2.75) is 40.2 Å². The fourth-order valence-corrected chi connectivity index (χ4v) is 5.11. The highest BCUT2D eigenvalue weighted by Gasteiger charge is 2.61. The summed E-state index contributed by atoms with van der Waals surface area (Å²) in [6.45, 7) is 6.97. The van der Waals surface area contributed by atoms with E-state index in [1.807, 2.05) is 38.1 Å². The van der Waals surface area contributed by atoms with Gasteiger partial charge in [-0.1, -0.05) is 32.1 Å². The fourth-order valence-electron chi connectivity index (χ4n) is 5.11. The number of nitrogens with zero attached hydrogens (tertiary/aromatic N) is 1. The van der Waals surface area contributed by atoms with Crippen LogP contribution in [-0.4, -0.2) is 41.2 Å². The lowest BCUT2D eigenvalue weighted by Gasteiger charge is -2.28. The van der Waals surface area contributed by atoms with Gasteiger partial charge in [0, 0.05) is 5.69 Å². The first-order valence-corrected chi connectivity index (χ1v) is 10.8. The van der Waals surface area contributed by atoms with E-state index in [1.54, 1.807) is 19.9 Å². The predicted octanol–water partition coefficient (Wildman–Crippen LogP) is 2.62. The van der Waals surface area contributed by atoms with Crippen LogP contribution in [-0.2, 0) is 23.9 Å². The molecule has 0 spiro atoms. The van der Waals surface area contributed by atoms with Gasteiger partial charge in [0.1, 0.15) is 6.04 Å². The molecule has 2 aliphatic carbocycles. The standard InChI is InChI=1S/C24H28N2O5/c1-12(2)21(26-22(28)19-15-6-7-16(10-15)20(19)23(26)29)24(30)31-11-18(27)25-17-8-5-13(3)14(4)9-17/h5-9,12,15-16,19-21H,10-11H2,1-4H3,(H,25,27)/t15-,16-,19-,20+,21-/m0/s1. The highest BCUT2D eigenvalue weighted by Crippen LogP contribution is 2.53. The molecule has 1 aliphatic heterocycles. The van der Waals surface area contributed by atoms with Crippen molar-refractivity contribution in [2.24, 2.45) is 29.6 Å². The first kappa shape index (κ1) is 21.3. The number of carbonyl (C=O) groups excluding carboxylic acids is 4. The number of nitrogens with one attached hydrogen (secondary N) is 1. The maximum absolute atomic E-state index is 13.1. The van der Waals surface area contributed by atoms with Crippen molar-refractivity contribution in [1.29, 1.82) is 0 Å². The molecule has 0 aromatic heterocycles. The maximum Gasteiger partial charge on any atom is 0.330 e. The lowest BCUT2D eigenvalue weighted by Crippen LogP contribution is -2.50. The van der Waals surface area contributed by atoms with Gasteiger partial charge in [0.15, 0.2) is 6.61 Å². The maximum atomic E-state index is 13.1. The van der Waals surface area contributed by atoms with Gasteiger partial charge in [-0.25, -0.2) is 4.79 Å². The zero-order valence-electron chi connectivity index (χ0n) is 18.3. The van der Waals surface area contributed by atoms with Crippen LogP contribution in [0.25, 0.3) is 0 Å². The summed E-state index contributed by atoms with van der Waals surface area (Å²) in [5, 5.41) is 2.70. The van der Waals surface area contributed by atoms with E-state index in [1.165, 1.54) is 0 Å². The van der Waals surface area contributed by atoms with Crippen LogP contribution in [0.1, 0.15) is 31.4 Å². The van der Waals surface area contributed by atoms with E-state index in [9.17, 15) is 19.2 Å². The van der Waals surface area contributed by atoms with E-state index in [0.717, 1.165) is 22.4 Å². The summed E-state index contributed by atoms with van der Waals surface area (Å²) in [5.41, 5.74) is 2.76. The van der Waals surface area contributed by atoms with Gasteiger partial charge in [-0.15, -0.1) is 0 Å². The minimum absolute atomic E-state index is 0.0732. The van der Waals surface area contributed by atoms with Crippen LogP contribution < -0.4 is 5.32 Å². The molecule has 164 valence electrons. The molecule has 31 heavy (non-hydrogen) atoms. The summed E-state index contributed by atoms with van der Waals surface area (Å²) >= 11 is 0. The Morgan fingerprint density at radius 2 is 1.68 bits per heavy atom. The van der Waals surface area contributed by atoms with Gasteiger partial charge in [-0.05, 0) is 61.3 Å². The summed E-state index contributed by atoms with van der Waals surface area (Å²) in [6, 6.07) is 4.49. The lowest BCUT2D eigenvalue weighted by molar-refractivity contribution is -0.162. The van der Waals surface area contributed by atoms with E-state index in [0.29, 0.717) is 5.69 Å². The molecular weight excluding hydrogens is 396 g/mol. The SMILES string of the molecule is Cc1ccc(NC(=O)COC(=O)[C@H](C(C)C)N2C(=O)[C@@H]3[C@H](C2=O)[C@H]2C=C[C@H]3C2)cc1C. The van der Waals surface area contributed by atoms with E-state index in [-0.39, 0.29) is 41.4 Å². The average molecular weight is 424 g/mol. The summed E-state index contributed by atoms with van der Waals surface area (Å²) < 4.78 is 5.24. The van der Waals surface area contributed by atoms with Gasteiger partial charge in [0.2, 0.25) is 11.8 Å². The predicted molar refractivity (Wildman–Crippen MR) is 114 cm³/mol. The van der Waals surface area contributed by atoms with Gasteiger partial charge in [0.05, 0.1) is 11.8 Å². The van der Waals surface area contributed by atoms with Crippen molar-refractivity contribution in [1.82, 2.24) is 4.90 Å². The third-order valence-electron chi connectivity index (χ3n) is 6.79. The molecule has 3 amide bonds.